The molecule has 6 nitrogen and oxygen atoms in total. The first kappa shape index (κ1) is 19.2. The molecule has 0 atom stereocenters. The molecular formula is C16H24ClN3O3S. The maximum atomic E-state index is 12.5. The zero-order valence-corrected chi connectivity index (χ0v) is 15.2. The van der Waals surface area contributed by atoms with E-state index in [4.69, 9.17) is 0 Å². The predicted octanol–water partition coefficient (Wildman–Crippen LogP) is 0.941. The molecular weight excluding hydrogens is 350 g/mol. The van der Waals surface area contributed by atoms with Crippen molar-refractivity contribution in [1.82, 2.24) is 14.5 Å². The molecule has 1 saturated heterocycles. The van der Waals surface area contributed by atoms with Crippen molar-refractivity contribution in [3.8, 4) is 0 Å². The molecule has 1 aliphatic heterocycles. The number of rotatable bonds is 6. The Bertz CT molecular complexity index is 642. The summed E-state index contributed by atoms with van der Waals surface area (Å²) in [7, 11) is -3.45. The second-order valence-corrected chi connectivity index (χ2v) is 8.11. The highest BCUT2D eigenvalue weighted by molar-refractivity contribution is 7.89. The molecule has 24 heavy (non-hydrogen) atoms. The first-order valence-electron chi connectivity index (χ1n) is 8.11. The van der Waals surface area contributed by atoms with Crippen LogP contribution in [0.15, 0.2) is 35.2 Å². The molecule has 2 fully saturated rings. The number of amides is 1. The van der Waals surface area contributed by atoms with Crippen LogP contribution >= 0.6 is 12.4 Å². The Morgan fingerprint density at radius 3 is 2.29 bits per heavy atom. The predicted molar refractivity (Wildman–Crippen MR) is 94.6 cm³/mol. The monoisotopic (exact) mass is 373 g/mol. The number of nitrogens with one attached hydrogen (secondary N) is 1. The van der Waals surface area contributed by atoms with Crippen LogP contribution in [0, 0.1) is 5.92 Å². The van der Waals surface area contributed by atoms with E-state index in [1.54, 1.807) is 35.2 Å². The maximum absolute atomic E-state index is 12.5. The van der Waals surface area contributed by atoms with Crippen LogP contribution in [0.4, 0.5) is 0 Å². The van der Waals surface area contributed by atoms with Crippen molar-refractivity contribution in [2.24, 2.45) is 5.92 Å². The molecule has 1 aromatic rings. The number of sulfonamides is 1. The Balaban J connectivity index is 0.00000208. The summed E-state index contributed by atoms with van der Waals surface area (Å²) in [5.74, 6) is 0.804. The minimum atomic E-state index is -3.45. The molecule has 0 bridgehead atoms. The average Bonchev–Trinajstić information content (AvgIpc) is 3.40. The van der Waals surface area contributed by atoms with E-state index >= 15 is 0 Å². The van der Waals surface area contributed by atoms with E-state index in [0.717, 1.165) is 12.5 Å². The fraction of sp³-hybridized carbons (Fsp3) is 0.562. The van der Waals surface area contributed by atoms with Crippen LogP contribution in [0.25, 0.3) is 0 Å². The Labute approximate surface area is 149 Å². The second-order valence-electron chi connectivity index (χ2n) is 6.17. The van der Waals surface area contributed by atoms with Crippen molar-refractivity contribution in [2.75, 3.05) is 39.3 Å². The van der Waals surface area contributed by atoms with Gasteiger partial charge in [-0.3, -0.25) is 4.79 Å². The summed E-state index contributed by atoms with van der Waals surface area (Å²) in [5, 5.41) is 3.19. The van der Waals surface area contributed by atoms with Gasteiger partial charge in [0, 0.05) is 26.2 Å². The van der Waals surface area contributed by atoms with Crippen molar-refractivity contribution < 1.29 is 13.2 Å². The molecule has 0 radical (unpaired) electrons. The summed E-state index contributed by atoms with van der Waals surface area (Å²) >= 11 is 0. The second kappa shape index (κ2) is 8.29. The van der Waals surface area contributed by atoms with Gasteiger partial charge in [-0.1, -0.05) is 18.2 Å². The molecule has 0 aromatic heterocycles. The summed E-state index contributed by atoms with van der Waals surface area (Å²) < 4.78 is 26.5. The number of hydrogen-bond donors (Lipinski definition) is 1. The van der Waals surface area contributed by atoms with Crippen LogP contribution in [0.1, 0.15) is 12.8 Å². The Morgan fingerprint density at radius 1 is 1.08 bits per heavy atom. The smallest absolute Gasteiger partial charge is 0.243 e. The molecule has 1 saturated carbocycles. The first-order valence-corrected chi connectivity index (χ1v) is 9.55. The number of carbonyl (C=O) groups excluding carboxylic acids is 1. The lowest BCUT2D eigenvalue weighted by molar-refractivity contribution is -0.131. The van der Waals surface area contributed by atoms with Gasteiger partial charge >= 0.3 is 0 Å². The fourth-order valence-electron chi connectivity index (χ4n) is 2.74. The van der Waals surface area contributed by atoms with Crippen LogP contribution in [-0.2, 0) is 14.8 Å². The molecule has 8 heteroatoms. The summed E-state index contributed by atoms with van der Waals surface area (Å²) in [6.07, 6.45) is 2.52. The van der Waals surface area contributed by atoms with Crippen molar-refractivity contribution in [3.63, 3.8) is 0 Å². The fourth-order valence-corrected chi connectivity index (χ4v) is 4.18. The first-order chi connectivity index (χ1) is 11.1. The van der Waals surface area contributed by atoms with Crippen LogP contribution in [0.3, 0.4) is 0 Å². The number of piperazine rings is 1. The van der Waals surface area contributed by atoms with E-state index in [2.05, 4.69) is 5.32 Å². The summed E-state index contributed by atoms with van der Waals surface area (Å²) in [6, 6.07) is 8.45. The molecule has 1 amide bonds. The molecule has 1 aromatic carbocycles. The van der Waals surface area contributed by atoms with Crippen LogP contribution in [0.5, 0.6) is 0 Å². The lowest BCUT2D eigenvalue weighted by Crippen LogP contribution is -2.52. The molecule has 3 rings (SSSR count). The van der Waals surface area contributed by atoms with E-state index in [0.29, 0.717) is 37.6 Å². The Kier molecular flexibility index (Phi) is 6.62. The summed E-state index contributed by atoms with van der Waals surface area (Å²) in [5.41, 5.74) is 0. The number of benzene rings is 1. The molecule has 2 aliphatic rings. The Hall–Kier alpha value is -1.15. The van der Waals surface area contributed by atoms with E-state index in [-0.39, 0.29) is 18.3 Å². The number of carbonyl (C=O) groups is 1. The van der Waals surface area contributed by atoms with E-state index in [9.17, 15) is 13.2 Å². The van der Waals surface area contributed by atoms with Crippen LogP contribution < -0.4 is 5.32 Å². The third kappa shape index (κ3) is 4.69. The minimum Gasteiger partial charge on any atom is -0.339 e. The van der Waals surface area contributed by atoms with E-state index in [1.807, 2.05) is 0 Å². The SMILES string of the molecule is Cl.O=C(CNCC1CC1)N1CCN(S(=O)(=O)c2ccccc2)CC1. The van der Waals surface area contributed by atoms with Gasteiger partial charge in [-0.25, -0.2) is 8.42 Å². The maximum Gasteiger partial charge on any atom is 0.243 e. The quantitative estimate of drug-likeness (QED) is 0.805. The largest absolute Gasteiger partial charge is 0.339 e. The minimum absolute atomic E-state index is 0. The number of hydrogen-bond acceptors (Lipinski definition) is 4. The van der Waals surface area contributed by atoms with Gasteiger partial charge in [0.2, 0.25) is 15.9 Å². The van der Waals surface area contributed by atoms with Gasteiger partial charge < -0.3 is 10.2 Å². The third-order valence-corrected chi connectivity index (χ3v) is 6.29. The van der Waals surface area contributed by atoms with Gasteiger partial charge in [-0.15, -0.1) is 12.4 Å². The summed E-state index contributed by atoms with van der Waals surface area (Å²) in [6.45, 7) is 2.87. The van der Waals surface area contributed by atoms with Gasteiger partial charge in [-0.2, -0.15) is 4.31 Å². The summed E-state index contributed by atoms with van der Waals surface area (Å²) in [4.78, 5) is 14.2. The zero-order chi connectivity index (χ0) is 16.3. The lowest BCUT2D eigenvalue weighted by Gasteiger charge is -2.34. The third-order valence-electron chi connectivity index (χ3n) is 4.38. The standard InChI is InChI=1S/C16H23N3O3S.ClH/c20-16(13-17-12-14-6-7-14)18-8-10-19(11-9-18)23(21,22)15-4-2-1-3-5-15;/h1-5,14,17H,6-13H2;1H. The Morgan fingerprint density at radius 2 is 1.71 bits per heavy atom. The zero-order valence-electron chi connectivity index (χ0n) is 13.6. The molecule has 0 spiro atoms. The van der Waals surface area contributed by atoms with Crippen molar-refractivity contribution in [1.29, 1.82) is 0 Å². The molecule has 1 N–H and O–H groups in total. The van der Waals surface area contributed by atoms with Crippen molar-refractivity contribution in [2.45, 2.75) is 17.7 Å². The lowest BCUT2D eigenvalue weighted by atomic mass is 10.3. The highest BCUT2D eigenvalue weighted by Crippen LogP contribution is 2.27. The highest BCUT2D eigenvalue weighted by atomic mass is 35.5. The van der Waals surface area contributed by atoms with Crippen LogP contribution in [0.2, 0.25) is 0 Å². The molecule has 134 valence electrons. The number of nitrogens with zero attached hydrogens (tertiary/aromatic N) is 2. The number of halogens is 1. The van der Waals surface area contributed by atoms with Gasteiger partial charge in [-0.05, 0) is 37.4 Å². The van der Waals surface area contributed by atoms with Gasteiger partial charge in [0.25, 0.3) is 0 Å². The van der Waals surface area contributed by atoms with Gasteiger partial charge in [0.15, 0.2) is 0 Å². The van der Waals surface area contributed by atoms with Crippen molar-refractivity contribution in [3.05, 3.63) is 30.3 Å². The van der Waals surface area contributed by atoms with Crippen LogP contribution in [-0.4, -0.2) is 62.8 Å². The molecule has 1 heterocycles. The normalized spacial score (nSPS) is 18.9. The average molecular weight is 374 g/mol. The van der Waals surface area contributed by atoms with E-state index < -0.39 is 10.0 Å². The molecule has 0 unspecified atom stereocenters. The topological polar surface area (TPSA) is 69.7 Å². The van der Waals surface area contributed by atoms with E-state index in [1.165, 1.54) is 17.1 Å². The highest BCUT2D eigenvalue weighted by Gasteiger charge is 2.30. The van der Waals surface area contributed by atoms with Gasteiger partial charge in [0.1, 0.15) is 0 Å². The molecule has 1 aliphatic carbocycles. The van der Waals surface area contributed by atoms with Gasteiger partial charge in [0.05, 0.1) is 11.4 Å². The van der Waals surface area contributed by atoms with Crippen molar-refractivity contribution >= 4 is 28.3 Å².